The molecule has 0 spiro atoms. The summed E-state index contributed by atoms with van der Waals surface area (Å²) in [6, 6.07) is 6.90. The van der Waals surface area contributed by atoms with Crippen LogP contribution in [0, 0.1) is 20.8 Å². The standard InChI is InChI=1S/C18H17F2N3O2/c1-9-5-6-12(7-10(9)2)13-8-14(16(19)20)23-17(21-13)15(11(3)22-23)18(24)25-4/h5-8,16H,1-4H3. The summed E-state index contributed by atoms with van der Waals surface area (Å²) < 4.78 is 32.9. The fourth-order valence-electron chi connectivity index (χ4n) is 2.69. The molecule has 0 radical (unpaired) electrons. The number of hydrogen-bond donors (Lipinski definition) is 0. The summed E-state index contributed by atoms with van der Waals surface area (Å²) in [6.45, 7) is 5.47. The summed E-state index contributed by atoms with van der Waals surface area (Å²) in [6.07, 6.45) is -2.76. The van der Waals surface area contributed by atoms with Crippen LogP contribution in [-0.4, -0.2) is 27.7 Å². The number of carbonyl (C=O) groups excluding carboxylic acids is 1. The van der Waals surface area contributed by atoms with Gasteiger partial charge in [-0.3, -0.25) is 0 Å². The molecule has 3 aromatic rings. The van der Waals surface area contributed by atoms with Crippen LogP contribution in [0.25, 0.3) is 16.9 Å². The van der Waals surface area contributed by atoms with E-state index < -0.39 is 12.4 Å². The summed E-state index contributed by atoms with van der Waals surface area (Å²) in [7, 11) is 1.23. The molecule has 0 aliphatic carbocycles. The van der Waals surface area contributed by atoms with Crippen LogP contribution in [0.5, 0.6) is 0 Å². The van der Waals surface area contributed by atoms with Crippen molar-refractivity contribution in [3.05, 3.63) is 52.3 Å². The number of fused-ring (bicyclic) bond motifs is 1. The first-order chi connectivity index (χ1) is 11.8. The van der Waals surface area contributed by atoms with Gasteiger partial charge in [0, 0.05) is 5.56 Å². The molecule has 0 unspecified atom stereocenters. The first-order valence-electron chi connectivity index (χ1n) is 7.68. The predicted octanol–water partition coefficient (Wildman–Crippen LogP) is 4.05. The number of benzene rings is 1. The Morgan fingerprint density at radius 1 is 1.16 bits per heavy atom. The van der Waals surface area contributed by atoms with E-state index in [1.807, 2.05) is 32.0 Å². The van der Waals surface area contributed by atoms with Crippen LogP contribution in [0.15, 0.2) is 24.3 Å². The second kappa shape index (κ2) is 6.23. The summed E-state index contributed by atoms with van der Waals surface area (Å²) in [5, 5.41) is 4.04. The number of esters is 1. The number of nitrogens with zero attached hydrogens (tertiary/aromatic N) is 3. The minimum atomic E-state index is -2.76. The molecule has 5 nitrogen and oxygen atoms in total. The van der Waals surface area contributed by atoms with E-state index in [2.05, 4.69) is 10.1 Å². The van der Waals surface area contributed by atoms with Gasteiger partial charge in [0.25, 0.3) is 6.43 Å². The van der Waals surface area contributed by atoms with Gasteiger partial charge >= 0.3 is 5.97 Å². The van der Waals surface area contributed by atoms with Crippen LogP contribution >= 0.6 is 0 Å². The molecule has 0 saturated carbocycles. The molecule has 0 aliphatic rings. The predicted molar refractivity (Wildman–Crippen MR) is 88.9 cm³/mol. The summed E-state index contributed by atoms with van der Waals surface area (Å²) in [4.78, 5) is 16.4. The van der Waals surface area contributed by atoms with Crippen LogP contribution in [-0.2, 0) is 4.74 Å². The lowest BCUT2D eigenvalue weighted by atomic mass is 10.0. The zero-order chi connectivity index (χ0) is 18.3. The van der Waals surface area contributed by atoms with E-state index in [-0.39, 0.29) is 16.9 Å². The maximum absolute atomic E-state index is 13.6. The third-order valence-corrected chi connectivity index (χ3v) is 4.21. The molecule has 7 heteroatoms. The Morgan fingerprint density at radius 3 is 2.48 bits per heavy atom. The fourth-order valence-corrected chi connectivity index (χ4v) is 2.69. The number of methoxy groups -OCH3 is 1. The Balaban J connectivity index is 2.33. The number of halogens is 2. The molecular formula is C18H17F2N3O2. The van der Waals surface area contributed by atoms with Gasteiger partial charge in [0.05, 0.1) is 18.5 Å². The van der Waals surface area contributed by atoms with Crippen LogP contribution < -0.4 is 0 Å². The van der Waals surface area contributed by atoms with Crippen molar-refractivity contribution < 1.29 is 18.3 Å². The maximum Gasteiger partial charge on any atom is 0.343 e. The van der Waals surface area contributed by atoms with Gasteiger partial charge in [-0.2, -0.15) is 5.10 Å². The van der Waals surface area contributed by atoms with Crippen LogP contribution in [0.3, 0.4) is 0 Å². The molecule has 0 saturated heterocycles. The van der Waals surface area contributed by atoms with E-state index in [9.17, 15) is 13.6 Å². The SMILES string of the molecule is COC(=O)c1c(C)nn2c(C(F)F)cc(-c3ccc(C)c(C)c3)nc12. The summed E-state index contributed by atoms with van der Waals surface area (Å²) in [5.74, 6) is -0.655. The molecule has 3 rings (SSSR count). The molecular weight excluding hydrogens is 328 g/mol. The number of hydrogen-bond acceptors (Lipinski definition) is 4. The quantitative estimate of drug-likeness (QED) is 0.672. The van der Waals surface area contributed by atoms with Gasteiger partial charge in [-0.05, 0) is 44.0 Å². The van der Waals surface area contributed by atoms with Gasteiger partial charge in [0.2, 0.25) is 0 Å². The first kappa shape index (κ1) is 17.0. The smallest absolute Gasteiger partial charge is 0.343 e. The van der Waals surface area contributed by atoms with Gasteiger partial charge < -0.3 is 4.74 Å². The summed E-state index contributed by atoms with van der Waals surface area (Å²) in [5.41, 5.74) is 3.29. The Kier molecular flexibility index (Phi) is 4.24. The van der Waals surface area contributed by atoms with E-state index in [0.29, 0.717) is 17.0 Å². The third-order valence-electron chi connectivity index (χ3n) is 4.21. The van der Waals surface area contributed by atoms with Crippen molar-refractivity contribution in [1.82, 2.24) is 14.6 Å². The average Bonchev–Trinajstić information content (AvgIpc) is 2.91. The minimum absolute atomic E-state index is 0.0652. The second-order valence-corrected chi connectivity index (χ2v) is 5.85. The van der Waals surface area contributed by atoms with Crippen LogP contribution in [0.2, 0.25) is 0 Å². The molecule has 0 bridgehead atoms. The number of alkyl halides is 2. The van der Waals surface area contributed by atoms with Crippen molar-refractivity contribution in [2.24, 2.45) is 0 Å². The minimum Gasteiger partial charge on any atom is -0.465 e. The number of ether oxygens (including phenoxy) is 1. The second-order valence-electron chi connectivity index (χ2n) is 5.85. The lowest BCUT2D eigenvalue weighted by molar-refractivity contribution is 0.0601. The molecule has 2 heterocycles. The molecule has 0 N–H and O–H groups in total. The largest absolute Gasteiger partial charge is 0.465 e. The van der Waals surface area contributed by atoms with Gasteiger partial charge in [0.1, 0.15) is 11.3 Å². The van der Waals surface area contributed by atoms with E-state index in [4.69, 9.17) is 4.74 Å². The highest BCUT2D eigenvalue weighted by molar-refractivity contribution is 5.97. The average molecular weight is 345 g/mol. The van der Waals surface area contributed by atoms with Crippen molar-refractivity contribution in [3.8, 4) is 11.3 Å². The fraction of sp³-hybridized carbons (Fsp3) is 0.278. The van der Waals surface area contributed by atoms with E-state index in [0.717, 1.165) is 15.6 Å². The first-order valence-corrected chi connectivity index (χ1v) is 7.68. The number of aryl methyl sites for hydroxylation is 3. The normalized spacial score (nSPS) is 11.3. The highest BCUT2D eigenvalue weighted by atomic mass is 19.3. The molecule has 0 fully saturated rings. The van der Waals surface area contributed by atoms with Gasteiger partial charge in [-0.25, -0.2) is 23.1 Å². The highest BCUT2D eigenvalue weighted by Gasteiger charge is 2.24. The number of aromatic nitrogens is 3. The molecule has 130 valence electrons. The third kappa shape index (κ3) is 2.86. The lowest BCUT2D eigenvalue weighted by Gasteiger charge is -2.09. The molecule has 1 aromatic carbocycles. The lowest BCUT2D eigenvalue weighted by Crippen LogP contribution is -2.06. The van der Waals surface area contributed by atoms with Crippen molar-refractivity contribution >= 4 is 11.6 Å². The molecule has 0 amide bonds. The number of carbonyl (C=O) groups is 1. The van der Waals surface area contributed by atoms with Crippen LogP contribution in [0.1, 0.15) is 39.3 Å². The molecule has 2 aromatic heterocycles. The Morgan fingerprint density at radius 2 is 1.88 bits per heavy atom. The van der Waals surface area contributed by atoms with E-state index in [1.165, 1.54) is 13.2 Å². The molecule has 0 aliphatic heterocycles. The molecule has 25 heavy (non-hydrogen) atoms. The number of rotatable bonds is 3. The van der Waals surface area contributed by atoms with E-state index in [1.54, 1.807) is 6.92 Å². The van der Waals surface area contributed by atoms with Crippen LogP contribution in [0.4, 0.5) is 8.78 Å². The van der Waals surface area contributed by atoms with Crippen molar-refractivity contribution in [1.29, 1.82) is 0 Å². The zero-order valence-corrected chi connectivity index (χ0v) is 14.3. The monoisotopic (exact) mass is 345 g/mol. The van der Waals surface area contributed by atoms with Gasteiger partial charge in [-0.15, -0.1) is 0 Å². The van der Waals surface area contributed by atoms with Crippen molar-refractivity contribution in [2.75, 3.05) is 7.11 Å². The zero-order valence-electron chi connectivity index (χ0n) is 14.3. The topological polar surface area (TPSA) is 56.5 Å². The van der Waals surface area contributed by atoms with Crippen molar-refractivity contribution in [3.63, 3.8) is 0 Å². The van der Waals surface area contributed by atoms with Crippen molar-refractivity contribution in [2.45, 2.75) is 27.2 Å². The van der Waals surface area contributed by atoms with E-state index >= 15 is 0 Å². The Hall–Kier alpha value is -2.83. The van der Waals surface area contributed by atoms with Gasteiger partial charge in [-0.1, -0.05) is 12.1 Å². The molecule has 0 atom stereocenters. The maximum atomic E-state index is 13.6. The Bertz CT molecular complexity index is 980. The summed E-state index contributed by atoms with van der Waals surface area (Å²) >= 11 is 0. The Labute approximate surface area is 143 Å². The van der Waals surface area contributed by atoms with Gasteiger partial charge in [0.15, 0.2) is 5.65 Å². The highest BCUT2D eigenvalue weighted by Crippen LogP contribution is 2.29.